The van der Waals surface area contributed by atoms with Gasteiger partial charge in [-0.05, 0) is 67.2 Å². The second kappa shape index (κ2) is 10.1. The van der Waals surface area contributed by atoms with Crippen LogP contribution < -0.4 is 10.6 Å². The number of benzene rings is 1. The zero-order valence-corrected chi connectivity index (χ0v) is 22.1. The van der Waals surface area contributed by atoms with Gasteiger partial charge in [-0.3, -0.25) is 9.48 Å². The number of urea groups is 1. The van der Waals surface area contributed by atoms with Gasteiger partial charge in [0.15, 0.2) is 5.58 Å². The smallest absolute Gasteiger partial charge is 0.410 e. The van der Waals surface area contributed by atoms with Gasteiger partial charge < -0.3 is 24.7 Å². The lowest BCUT2D eigenvalue weighted by atomic mass is 9.89. The lowest BCUT2D eigenvalue weighted by molar-refractivity contribution is -0.150. The molecule has 0 spiro atoms. The predicted octanol–water partition coefficient (Wildman–Crippen LogP) is 4.11. The van der Waals surface area contributed by atoms with Crippen LogP contribution in [0.15, 0.2) is 34.9 Å². The molecule has 1 aliphatic heterocycles. The van der Waals surface area contributed by atoms with E-state index in [1.165, 1.54) is 11.8 Å². The fourth-order valence-electron chi connectivity index (χ4n) is 5.86. The van der Waals surface area contributed by atoms with Crippen molar-refractivity contribution in [1.29, 1.82) is 0 Å². The molecule has 3 atom stereocenters. The Bertz CT molecular complexity index is 1400. The van der Waals surface area contributed by atoms with Gasteiger partial charge in [-0.2, -0.15) is 18.3 Å². The van der Waals surface area contributed by atoms with Gasteiger partial charge in [-0.25, -0.2) is 9.78 Å². The van der Waals surface area contributed by atoms with Crippen molar-refractivity contribution in [3.63, 3.8) is 0 Å². The molecule has 1 saturated heterocycles. The Morgan fingerprint density at radius 2 is 1.95 bits per heavy atom. The second-order valence-corrected chi connectivity index (χ2v) is 11.0. The minimum atomic E-state index is -4.55. The molecule has 0 bridgehead atoms. The summed E-state index contributed by atoms with van der Waals surface area (Å²) in [5.74, 6) is 1.29. The van der Waals surface area contributed by atoms with Gasteiger partial charge >= 0.3 is 12.2 Å². The highest BCUT2D eigenvalue weighted by Gasteiger charge is 2.49. The Balaban J connectivity index is 1.32. The van der Waals surface area contributed by atoms with Gasteiger partial charge in [0.1, 0.15) is 23.3 Å². The van der Waals surface area contributed by atoms with Crippen molar-refractivity contribution in [2.75, 3.05) is 20.3 Å². The number of fused-ring (bicyclic) bond motifs is 1. The maximum Gasteiger partial charge on any atom is 0.410 e. The van der Waals surface area contributed by atoms with Gasteiger partial charge in [0, 0.05) is 20.4 Å². The molecular weight excluding hydrogens is 529 g/mol. The van der Waals surface area contributed by atoms with Crippen LogP contribution in [-0.4, -0.2) is 64.1 Å². The first-order valence-corrected chi connectivity index (χ1v) is 13.5. The standard InChI is InChI=1S/C27H31F3N6O4/c1-35-18(9-10-31-35)24(37)34-23(22(14-3-4-14)15-5-6-15)25-32-17-11-16(7-8-20(17)40-25)19(13-39-2)36-12-21(27(28,29)30)33-26(36)38/h7-11,14-15,19,21-23H,3-6,12-13H2,1-2H3,(H,33,38)(H,34,37)/t19-,21+,23+/m1/s1. The molecule has 0 radical (unpaired) electrons. The van der Waals surface area contributed by atoms with Gasteiger partial charge in [-0.15, -0.1) is 0 Å². The predicted molar refractivity (Wildman–Crippen MR) is 136 cm³/mol. The highest BCUT2D eigenvalue weighted by atomic mass is 19.4. The van der Waals surface area contributed by atoms with Gasteiger partial charge in [0.25, 0.3) is 5.91 Å². The van der Waals surface area contributed by atoms with Crippen molar-refractivity contribution in [3.8, 4) is 0 Å². The van der Waals surface area contributed by atoms with Crippen molar-refractivity contribution >= 4 is 23.0 Å². The fraction of sp³-hybridized carbons (Fsp3) is 0.556. The van der Waals surface area contributed by atoms with Crippen LogP contribution in [0.2, 0.25) is 0 Å². The molecule has 2 aliphatic carbocycles. The molecule has 3 amide bonds. The quantitative estimate of drug-likeness (QED) is 0.386. The summed E-state index contributed by atoms with van der Waals surface area (Å²) in [4.78, 5) is 31.6. The van der Waals surface area contributed by atoms with Crippen molar-refractivity contribution in [3.05, 3.63) is 47.6 Å². The molecule has 0 unspecified atom stereocenters. The summed E-state index contributed by atoms with van der Waals surface area (Å²) < 4.78 is 52.9. The van der Waals surface area contributed by atoms with Crippen LogP contribution in [0.4, 0.5) is 18.0 Å². The van der Waals surface area contributed by atoms with Crippen molar-refractivity contribution in [2.24, 2.45) is 24.8 Å². The number of halogens is 3. The van der Waals surface area contributed by atoms with E-state index in [-0.39, 0.29) is 18.4 Å². The average Bonchev–Trinajstić information content (AvgIpc) is 3.80. The maximum atomic E-state index is 13.3. The lowest BCUT2D eigenvalue weighted by Crippen LogP contribution is -2.40. The van der Waals surface area contributed by atoms with Gasteiger partial charge in [-0.1, -0.05) is 6.07 Å². The molecule has 2 N–H and O–H groups in total. The number of carbonyl (C=O) groups excluding carboxylic acids is 2. The molecule has 214 valence electrons. The zero-order chi connectivity index (χ0) is 28.2. The molecule has 3 aliphatic rings. The third-order valence-corrected chi connectivity index (χ3v) is 8.17. The second-order valence-electron chi connectivity index (χ2n) is 11.0. The Kier molecular flexibility index (Phi) is 6.71. The molecule has 3 heterocycles. The summed E-state index contributed by atoms with van der Waals surface area (Å²) in [5.41, 5.74) is 1.98. The Morgan fingerprint density at radius 1 is 1.23 bits per heavy atom. The van der Waals surface area contributed by atoms with E-state index in [2.05, 4.69) is 10.4 Å². The van der Waals surface area contributed by atoms with Crippen molar-refractivity contribution < 1.29 is 31.9 Å². The van der Waals surface area contributed by atoms with Crippen molar-refractivity contribution in [1.82, 2.24) is 30.3 Å². The van der Waals surface area contributed by atoms with Crippen LogP contribution in [-0.2, 0) is 11.8 Å². The highest BCUT2D eigenvalue weighted by Crippen LogP contribution is 2.54. The normalized spacial score (nSPS) is 21.2. The summed E-state index contributed by atoms with van der Waals surface area (Å²) in [5, 5.41) is 9.28. The minimum Gasteiger partial charge on any atom is -0.438 e. The largest absolute Gasteiger partial charge is 0.438 e. The first-order valence-electron chi connectivity index (χ1n) is 13.5. The summed E-state index contributed by atoms with van der Waals surface area (Å²) in [6.07, 6.45) is 1.40. The summed E-state index contributed by atoms with van der Waals surface area (Å²) in [7, 11) is 3.14. The number of amides is 3. The van der Waals surface area contributed by atoms with Gasteiger partial charge in [0.2, 0.25) is 5.89 Å². The number of ether oxygens (including phenoxy) is 1. The molecule has 2 aromatic heterocycles. The number of rotatable bonds is 10. The molecule has 3 fully saturated rings. The number of nitrogens with one attached hydrogen (secondary N) is 2. The number of oxazole rings is 1. The number of methoxy groups -OCH3 is 1. The number of alkyl halides is 3. The topological polar surface area (TPSA) is 115 Å². The first-order chi connectivity index (χ1) is 19.1. The van der Waals surface area contributed by atoms with Crippen LogP contribution in [0.1, 0.15) is 59.7 Å². The number of aromatic nitrogens is 3. The van der Waals surface area contributed by atoms with Crippen LogP contribution in [0.3, 0.4) is 0 Å². The molecule has 13 heteroatoms. The molecule has 2 saturated carbocycles. The summed E-state index contributed by atoms with van der Waals surface area (Å²) >= 11 is 0. The highest BCUT2D eigenvalue weighted by molar-refractivity contribution is 5.92. The number of nitrogens with zero attached hydrogens (tertiary/aromatic N) is 4. The minimum absolute atomic E-state index is 0.00301. The zero-order valence-electron chi connectivity index (χ0n) is 22.1. The van der Waals surface area contributed by atoms with E-state index in [0.29, 0.717) is 40.1 Å². The summed E-state index contributed by atoms with van der Waals surface area (Å²) in [6, 6.07) is 2.82. The number of hydrogen-bond donors (Lipinski definition) is 2. The molecule has 6 rings (SSSR count). The molecule has 10 nitrogen and oxygen atoms in total. The Labute approximate surface area is 228 Å². The fourth-order valence-corrected chi connectivity index (χ4v) is 5.86. The molecular formula is C27H31F3N6O4. The maximum absolute atomic E-state index is 13.3. The molecule has 1 aromatic carbocycles. The Hall–Kier alpha value is -3.61. The van der Waals surface area contributed by atoms with E-state index in [0.717, 1.165) is 30.6 Å². The SMILES string of the molecule is COC[C@H](c1ccc2oc([C@@H](NC(=O)c3ccnn3C)C(C3CC3)C3CC3)nc2c1)N1C[C@@H](C(F)(F)F)NC1=O. The van der Waals surface area contributed by atoms with Crippen LogP contribution in [0, 0.1) is 17.8 Å². The number of aryl methyl sites for hydroxylation is 1. The van der Waals surface area contributed by atoms with E-state index < -0.39 is 36.9 Å². The molecule has 3 aromatic rings. The Morgan fingerprint density at radius 3 is 2.52 bits per heavy atom. The van der Waals surface area contributed by atoms with E-state index in [1.807, 2.05) is 5.32 Å². The average molecular weight is 561 g/mol. The summed E-state index contributed by atoms with van der Waals surface area (Å²) in [6.45, 7) is -0.520. The number of carbonyl (C=O) groups is 2. The van der Waals surface area contributed by atoms with E-state index in [4.69, 9.17) is 14.1 Å². The number of hydrogen-bond acceptors (Lipinski definition) is 6. The third kappa shape index (κ3) is 5.14. The van der Waals surface area contributed by atoms with Crippen LogP contribution in [0.25, 0.3) is 11.1 Å². The first kappa shape index (κ1) is 26.6. The third-order valence-electron chi connectivity index (χ3n) is 8.17. The van der Waals surface area contributed by atoms with E-state index in [1.54, 1.807) is 37.5 Å². The monoisotopic (exact) mass is 560 g/mol. The van der Waals surface area contributed by atoms with Crippen LogP contribution in [0.5, 0.6) is 0 Å². The lowest BCUT2D eigenvalue weighted by Gasteiger charge is -2.27. The van der Waals surface area contributed by atoms with Crippen molar-refractivity contribution in [2.45, 2.75) is 50.0 Å². The van der Waals surface area contributed by atoms with E-state index in [9.17, 15) is 22.8 Å². The van der Waals surface area contributed by atoms with E-state index >= 15 is 0 Å². The van der Waals surface area contributed by atoms with Crippen LogP contribution >= 0.6 is 0 Å². The molecule has 40 heavy (non-hydrogen) atoms. The van der Waals surface area contributed by atoms with Gasteiger partial charge in [0.05, 0.1) is 19.2 Å².